The Bertz CT molecular complexity index is 695. The molecular formula is C19H24F4N2O2. The minimum absolute atomic E-state index is 0.0516. The van der Waals surface area contributed by atoms with E-state index in [1.165, 1.54) is 6.07 Å². The van der Waals surface area contributed by atoms with Gasteiger partial charge >= 0.3 is 6.18 Å². The van der Waals surface area contributed by atoms with Gasteiger partial charge in [0.25, 0.3) is 0 Å². The number of likely N-dealkylation sites (tertiary alicyclic amines) is 2. The summed E-state index contributed by atoms with van der Waals surface area (Å²) in [6, 6.07) is 3.01. The summed E-state index contributed by atoms with van der Waals surface area (Å²) >= 11 is 0. The molecule has 0 saturated carbocycles. The van der Waals surface area contributed by atoms with Crippen molar-refractivity contribution in [2.45, 2.75) is 43.9 Å². The summed E-state index contributed by atoms with van der Waals surface area (Å²) in [6.07, 6.45) is -1.56. The number of halogens is 4. The number of nitrogens with zero attached hydrogens (tertiary/aromatic N) is 2. The van der Waals surface area contributed by atoms with E-state index in [1.807, 2.05) is 4.90 Å². The Labute approximate surface area is 156 Å². The molecule has 1 atom stereocenters. The van der Waals surface area contributed by atoms with Gasteiger partial charge in [0.2, 0.25) is 5.91 Å². The molecule has 2 aliphatic rings. The summed E-state index contributed by atoms with van der Waals surface area (Å²) in [7, 11) is 1.59. The molecule has 1 amide bonds. The third-order valence-electron chi connectivity index (χ3n) is 5.61. The molecule has 150 valence electrons. The van der Waals surface area contributed by atoms with Crippen LogP contribution in [0.5, 0.6) is 0 Å². The van der Waals surface area contributed by atoms with E-state index in [2.05, 4.69) is 0 Å². The van der Waals surface area contributed by atoms with Gasteiger partial charge in [-0.25, -0.2) is 4.39 Å². The van der Waals surface area contributed by atoms with E-state index in [4.69, 9.17) is 4.74 Å². The first-order valence-corrected chi connectivity index (χ1v) is 9.17. The van der Waals surface area contributed by atoms with Crippen molar-refractivity contribution < 1.29 is 27.1 Å². The molecule has 2 fully saturated rings. The highest BCUT2D eigenvalue weighted by molar-refractivity contribution is 5.87. The summed E-state index contributed by atoms with van der Waals surface area (Å²) in [6.45, 7) is 2.61. The highest BCUT2D eigenvalue weighted by atomic mass is 19.4. The number of hydrogen-bond donors (Lipinski definition) is 0. The lowest BCUT2D eigenvalue weighted by Crippen LogP contribution is -2.60. The fourth-order valence-electron chi connectivity index (χ4n) is 4.28. The molecule has 1 unspecified atom stereocenters. The highest BCUT2D eigenvalue weighted by Crippen LogP contribution is 2.39. The van der Waals surface area contributed by atoms with Crippen molar-refractivity contribution in [3.63, 3.8) is 0 Å². The summed E-state index contributed by atoms with van der Waals surface area (Å²) in [5, 5.41) is 0. The van der Waals surface area contributed by atoms with Gasteiger partial charge in [0.05, 0.1) is 12.2 Å². The molecular weight excluding hydrogens is 364 g/mol. The van der Waals surface area contributed by atoms with Crippen LogP contribution in [0.3, 0.4) is 0 Å². The third-order valence-corrected chi connectivity index (χ3v) is 5.61. The second-order valence-corrected chi connectivity index (χ2v) is 7.26. The maximum absolute atomic E-state index is 13.9. The van der Waals surface area contributed by atoms with Crippen LogP contribution >= 0.6 is 0 Å². The number of piperidine rings is 1. The number of hydrogen-bond acceptors (Lipinski definition) is 3. The van der Waals surface area contributed by atoms with Gasteiger partial charge in [-0.2, -0.15) is 13.2 Å². The average Bonchev–Trinajstić information content (AvgIpc) is 2.98. The minimum atomic E-state index is -4.71. The zero-order valence-corrected chi connectivity index (χ0v) is 15.3. The smallest absolute Gasteiger partial charge is 0.383 e. The van der Waals surface area contributed by atoms with Crippen molar-refractivity contribution in [1.29, 1.82) is 0 Å². The largest absolute Gasteiger partial charge is 0.419 e. The molecule has 4 nitrogen and oxygen atoms in total. The summed E-state index contributed by atoms with van der Waals surface area (Å²) < 4.78 is 57.3. The predicted molar refractivity (Wildman–Crippen MR) is 91.5 cm³/mol. The van der Waals surface area contributed by atoms with Gasteiger partial charge in [-0.05, 0) is 49.9 Å². The quantitative estimate of drug-likeness (QED) is 0.725. The Morgan fingerprint density at radius 2 is 1.89 bits per heavy atom. The number of carbonyl (C=O) groups excluding carboxylic acids is 1. The lowest BCUT2D eigenvalue weighted by Gasteiger charge is -2.44. The van der Waals surface area contributed by atoms with Crippen LogP contribution in [-0.2, 0) is 22.3 Å². The van der Waals surface area contributed by atoms with Gasteiger partial charge in [0.1, 0.15) is 11.4 Å². The second kappa shape index (κ2) is 7.75. The van der Waals surface area contributed by atoms with E-state index in [0.29, 0.717) is 31.8 Å². The molecule has 2 saturated heterocycles. The van der Waals surface area contributed by atoms with Crippen LogP contribution in [0.25, 0.3) is 0 Å². The number of carbonyl (C=O) groups is 1. The van der Waals surface area contributed by atoms with Crippen molar-refractivity contribution in [2.24, 2.45) is 0 Å². The molecule has 0 aromatic heterocycles. The Morgan fingerprint density at radius 3 is 2.52 bits per heavy atom. The molecule has 0 bridgehead atoms. The zero-order valence-electron chi connectivity index (χ0n) is 15.3. The Kier molecular flexibility index (Phi) is 5.76. The molecule has 2 aliphatic heterocycles. The van der Waals surface area contributed by atoms with E-state index in [-0.39, 0.29) is 12.5 Å². The maximum Gasteiger partial charge on any atom is 0.419 e. The predicted octanol–water partition coefficient (Wildman–Crippen LogP) is 3.45. The van der Waals surface area contributed by atoms with E-state index in [1.54, 1.807) is 12.0 Å². The van der Waals surface area contributed by atoms with Gasteiger partial charge < -0.3 is 9.64 Å². The van der Waals surface area contributed by atoms with Crippen LogP contribution in [0.2, 0.25) is 0 Å². The Balaban J connectivity index is 1.78. The molecule has 0 N–H and O–H groups in total. The number of benzene rings is 1. The fraction of sp³-hybridized carbons (Fsp3) is 0.632. The number of rotatable bonds is 5. The van der Waals surface area contributed by atoms with Crippen LogP contribution in [-0.4, -0.2) is 54.6 Å². The average molecular weight is 388 g/mol. The molecule has 1 spiro atoms. The number of ether oxygens (including phenoxy) is 1. The van der Waals surface area contributed by atoms with Gasteiger partial charge in [-0.1, -0.05) is 6.07 Å². The topological polar surface area (TPSA) is 32.8 Å². The molecule has 2 heterocycles. The number of amides is 1. The maximum atomic E-state index is 13.9. The first-order valence-electron chi connectivity index (χ1n) is 9.17. The van der Waals surface area contributed by atoms with Gasteiger partial charge in [-0.15, -0.1) is 0 Å². The zero-order chi connectivity index (χ0) is 19.7. The van der Waals surface area contributed by atoms with E-state index >= 15 is 0 Å². The van der Waals surface area contributed by atoms with E-state index in [9.17, 15) is 22.4 Å². The molecule has 27 heavy (non-hydrogen) atoms. The first-order chi connectivity index (χ1) is 12.8. The van der Waals surface area contributed by atoms with Crippen LogP contribution < -0.4 is 0 Å². The van der Waals surface area contributed by atoms with Crippen LogP contribution in [0, 0.1) is 5.82 Å². The van der Waals surface area contributed by atoms with Crippen molar-refractivity contribution in [1.82, 2.24) is 9.80 Å². The van der Waals surface area contributed by atoms with Crippen molar-refractivity contribution in [3.8, 4) is 0 Å². The minimum Gasteiger partial charge on any atom is -0.383 e. The molecule has 3 rings (SSSR count). The van der Waals surface area contributed by atoms with Crippen LogP contribution in [0.15, 0.2) is 18.2 Å². The number of alkyl halides is 3. The number of methoxy groups -OCH3 is 1. The summed E-state index contributed by atoms with van der Waals surface area (Å²) in [5.74, 6) is -1.22. The normalized spacial score (nSPS) is 24.2. The monoisotopic (exact) mass is 388 g/mol. The SMILES string of the molecule is COCCN1CCCC2(CCCN2Cc2ccc(C(F)(F)F)c(F)c2)C1=O. The van der Waals surface area contributed by atoms with Gasteiger partial charge in [-0.3, -0.25) is 9.69 Å². The summed E-state index contributed by atoms with van der Waals surface area (Å²) in [5.41, 5.74) is -1.45. The van der Waals surface area contributed by atoms with Crippen molar-refractivity contribution >= 4 is 5.91 Å². The molecule has 1 aromatic carbocycles. The van der Waals surface area contributed by atoms with Crippen molar-refractivity contribution in [2.75, 3.05) is 33.4 Å². The van der Waals surface area contributed by atoms with Crippen molar-refractivity contribution in [3.05, 3.63) is 35.1 Å². The Morgan fingerprint density at radius 1 is 1.19 bits per heavy atom. The van der Waals surface area contributed by atoms with Crippen LogP contribution in [0.4, 0.5) is 17.6 Å². The van der Waals surface area contributed by atoms with E-state index in [0.717, 1.165) is 37.8 Å². The molecule has 8 heteroatoms. The van der Waals surface area contributed by atoms with Gasteiger partial charge in [0, 0.05) is 26.7 Å². The second-order valence-electron chi connectivity index (χ2n) is 7.26. The van der Waals surface area contributed by atoms with Gasteiger partial charge in [0.15, 0.2) is 0 Å². The lowest BCUT2D eigenvalue weighted by atomic mass is 9.85. The molecule has 1 aromatic rings. The molecule has 0 radical (unpaired) electrons. The Hall–Kier alpha value is -1.67. The highest BCUT2D eigenvalue weighted by Gasteiger charge is 2.50. The summed E-state index contributed by atoms with van der Waals surface area (Å²) in [4.78, 5) is 16.9. The lowest BCUT2D eigenvalue weighted by molar-refractivity contribution is -0.148. The first kappa shape index (κ1) is 20.1. The van der Waals surface area contributed by atoms with E-state index < -0.39 is 23.1 Å². The standard InChI is InChI=1S/C19H24F4N2O2/c1-27-11-10-24-8-2-6-18(17(24)26)7-3-9-25(18)13-14-4-5-15(16(20)12-14)19(21,22)23/h4-5,12H,2-3,6-11,13H2,1H3. The van der Waals surface area contributed by atoms with Crippen LogP contribution in [0.1, 0.15) is 36.8 Å². The molecule has 0 aliphatic carbocycles. The fourth-order valence-corrected chi connectivity index (χ4v) is 4.28. The third kappa shape index (κ3) is 3.96.